The van der Waals surface area contributed by atoms with E-state index >= 15 is 0 Å². The molecule has 0 aliphatic heterocycles. The average Bonchev–Trinajstić information content (AvgIpc) is 2.86. The molecule has 1 atom stereocenters. The fraction of sp³-hybridized carbons (Fsp3) is 0.192. The van der Waals surface area contributed by atoms with E-state index in [9.17, 15) is 14.7 Å². The molecule has 8 nitrogen and oxygen atoms in total. The van der Waals surface area contributed by atoms with Gasteiger partial charge in [0, 0.05) is 0 Å². The van der Waals surface area contributed by atoms with Crippen LogP contribution in [0.1, 0.15) is 41.4 Å². The highest BCUT2D eigenvalue weighted by molar-refractivity contribution is 5.92. The third kappa shape index (κ3) is 6.66. The van der Waals surface area contributed by atoms with Gasteiger partial charge in [0.25, 0.3) is 5.91 Å². The van der Waals surface area contributed by atoms with Crippen molar-refractivity contribution in [3.05, 3.63) is 89.5 Å². The molecule has 3 aromatic carbocycles. The smallest absolute Gasteiger partial charge is 0.343 e. The van der Waals surface area contributed by atoms with Crippen LogP contribution in [0.4, 0.5) is 0 Å². The van der Waals surface area contributed by atoms with Crippen molar-refractivity contribution in [2.75, 3.05) is 13.2 Å². The zero-order valence-corrected chi connectivity index (χ0v) is 18.9. The summed E-state index contributed by atoms with van der Waals surface area (Å²) in [5, 5.41) is 14.0. The summed E-state index contributed by atoms with van der Waals surface area (Å²) in [7, 11) is 0. The molecule has 0 heterocycles. The Morgan fingerprint density at radius 3 is 2.32 bits per heavy atom. The fourth-order valence-corrected chi connectivity index (χ4v) is 2.99. The molecule has 176 valence electrons. The molecule has 0 saturated heterocycles. The van der Waals surface area contributed by atoms with E-state index in [0.717, 1.165) is 0 Å². The number of aliphatic hydroxyl groups is 1. The van der Waals surface area contributed by atoms with E-state index in [1.54, 1.807) is 72.8 Å². The summed E-state index contributed by atoms with van der Waals surface area (Å²) in [6.45, 7) is 4.58. The average molecular weight is 463 g/mol. The van der Waals surface area contributed by atoms with Gasteiger partial charge in [-0.05, 0) is 67.4 Å². The van der Waals surface area contributed by atoms with E-state index in [2.05, 4.69) is 10.5 Å². The summed E-state index contributed by atoms with van der Waals surface area (Å²) in [4.78, 5) is 24.6. The molecule has 0 aliphatic carbocycles. The highest BCUT2D eigenvalue weighted by Crippen LogP contribution is 2.29. The normalized spacial score (nSPS) is 11.6. The fourth-order valence-electron chi connectivity index (χ4n) is 2.99. The van der Waals surface area contributed by atoms with Crippen LogP contribution in [0.5, 0.6) is 17.2 Å². The van der Waals surface area contributed by atoms with Gasteiger partial charge in [-0.15, -0.1) is 0 Å². The van der Waals surface area contributed by atoms with Crippen LogP contribution >= 0.6 is 0 Å². The molecule has 1 unspecified atom stereocenters. The largest absolute Gasteiger partial charge is 0.494 e. The van der Waals surface area contributed by atoms with Crippen LogP contribution in [-0.4, -0.2) is 36.4 Å². The van der Waals surface area contributed by atoms with Crippen LogP contribution in [0, 0.1) is 0 Å². The number of nitrogens with one attached hydrogen (secondary N) is 1. The first-order valence-corrected chi connectivity index (χ1v) is 10.8. The third-order valence-corrected chi connectivity index (χ3v) is 4.62. The summed E-state index contributed by atoms with van der Waals surface area (Å²) in [6, 6.07) is 20.1. The topological polar surface area (TPSA) is 106 Å². The number of hydrazone groups is 1. The number of carbonyl (C=O) groups is 2. The molecule has 3 rings (SSSR count). The van der Waals surface area contributed by atoms with Crippen molar-refractivity contribution in [3.8, 4) is 17.2 Å². The maximum absolute atomic E-state index is 12.5. The Morgan fingerprint density at radius 1 is 0.941 bits per heavy atom. The molecular weight excluding hydrogens is 436 g/mol. The van der Waals surface area contributed by atoms with Crippen LogP contribution in [0.2, 0.25) is 0 Å². The third-order valence-electron chi connectivity index (χ3n) is 4.62. The first-order valence-electron chi connectivity index (χ1n) is 10.8. The minimum Gasteiger partial charge on any atom is -0.494 e. The number of amides is 1. The van der Waals surface area contributed by atoms with Gasteiger partial charge in [0.2, 0.25) is 0 Å². The lowest BCUT2D eigenvalue weighted by atomic mass is 10.1. The number of hydrogen-bond acceptors (Lipinski definition) is 7. The van der Waals surface area contributed by atoms with Gasteiger partial charge in [-0.1, -0.05) is 30.3 Å². The lowest BCUT2D eigenvalue weighted by Gasteiger charge is -2.12. The maximum Gasteiger partial charge on any atom is 0.343 e. The first kappa shape index (κ1) is 24.5. The predicted molar refractivity (Wildman–Crippen MR) is 127 cm³/mol. The van der Waals surface area contributed by atoms with Crippen molar-refractivity contribution in [1.82, 2.24) is 5.43 Å². The molecule has 0 bridgehead atoms. The quantitative estimate of drug-likeness (QED) is 0.205. The summed E-state index contributed by atoms with van der Waals surface area (Å²) in [5.74, 6) is 0.0739. The van der Waals surface area contributed by atoms with Crippen molar-refractivity contribution in [3.63, 3.8) is 0 Å². The molecule has 0 aromatic heterocycles. The highest BCUT2D eigenvalue weighted by Gasteiger charge is 2.16. The zero-order valence-electron chi connectivity index (χ0n) is 18.9. The van der Waals surface area contributed by atoms with Crippen LogP contribution < -0.4 is 19.6 Å². The number of nitrogens with zero attached hydrogens (tertiary/aromatic N) is 1. The Hall–Kier alpha value is -4.17. The second-order valence-corrected chi connectivity index (χ2v) is 7.03. The van der Waals surface area contributed by atoms with Gasteiger partial charge in [-0.2, -0.15) is 5.10 Å². The van der Waals surface area contributed by atoms with Crippen molar-refractivity contribution < 1.29 is 28.9 Å². The van der Waals surface area contributed by atoms with Crippen molar-refractivity contribution in [1.29, 1.82) is 0 Å². The first-order chi connectivity index (χ1) is 16.5. The van der Waals surface area contributed by atoms with Gasteiger partial charge in [0.05, 0.1) is 25.0 Å². The molecule has 0 spiro atoms. The second kappa shape index (κ2) is 12.2. The van der Waals surface area contributed by atoms with Crippen LogP contribution in [0.3, 0.4) is 0 Å². The molecule has 0 radical (unpaired) electrons. The summed E-state index contributed by atoms with van der Waals surface area (Å²) < 4.78 is 16.5. The molecule has 2 N–H and O–H groups in total. The molecule has 0 fully saturated rings. The number of hydrogen-bond donors (Lipinski definition) is 2. The van der Waals surface area contributed by atoms with Crippen molar-refractivity contribution in [2.45, 2.75) is 20.0 Å². The molecule has 3 aromatic rings. The van der Waals surface area contributed by atoms with E-state index in [4.69, 9.17) is 14.2 Å². The zero-order chi connectivity index (χ0) is 24.3. The Kier molecular flexibility index (Phi) is 8.76. The number of benzene rings is 3. The van der Waals surface area contributed by atoms with Gasteiger partial charge >= 0.3 is 5.97 Å². The molecule has 1 amide bonds. The molecule has 8 heteroatoms. The minimum absolute atomic E-state index is 0.251. The number of ether oxygens (including phenoxy) is 3. The Labute approximate surface area is 197 Å². The number of esters is 1. The van der Waals surface area contributed by atoms with E-state index in [0.29, 0.717) is 41.4 Å². The lowest BCUT2D eigenvalue weighted by molar-refractivity contribution is -0.129. The van der Waals surface area contributed by atoms with Crippen LogP contribution in [-0.2, 0) is 4.79 Å². The Morgan fingerprint density at radius 2 is 1.65 bits per heavy atom. The molecule has 0 saturated carbocycles. The van der Waals surface area contributed by atoms with Crippen LogP contribution in [0.25, 0.3) is 0 Å². The highest BCUT2D eigenvalue weighted by atomic mass is 16.6. The molecule has 34 heavy (non-hydrogen) atoms. The number of rotatable bonds is 10. The predicted octanol–water partition coefficient (Wildman–Crippen LogP) is 3.89. The van der Waals surface area contributed by atoms with Gasteiger partial charge in [0.15, 0.2) is 17.6 Å². The second-order valence-electron chi connectivity index (χ2n) is 7.03. The van der Waals surface area contributed by atoms with E-state index < -0.39 is 18.0 Å². The van der Waals surface area contributed by atoms with E-state index in [-0.39, 0.29) is 5.75 Å². The van der Waals surface area contributed by atoms with Crippen LogP contribution in [0.15, 0.2) is 77.9 Å². The number of carbonyl (C=O) groups excluding carboxylic acids is 2. The van der Waals surface area contributed by atoms with Crippen molar-refractivity contribution >= 4 is 18.1 Å². The van der Waals surface area contributed by atoms with E-state index in [1.807, 2.05) is 13.8 Å². The van der Waals surface area contributed by atoms with Gasteiger partial charge in [-0.25, -0.2) is 10.2 Å². The Bertz CT molecular complexity index is 1130. The van der Waals surface area contributed by atoms with Gasteiger partial charge in [-0.3, -0.25) is 4.79 Å². The van der Waals surface area contributed by atoms with Gasteiger partial charge < -0.3 is 19.3 Å². The maximum atomic E-state index is 12.5. The molecule has 0 aliphatic rings. The molecular formula is C26H26N2O6. The number of aliphatic hydroxyl groups excluding tert-OH is 1. The summed E-state index contributed by atoms with van der Waals surface area (Å²) >= 11 is 0. The SMILES string of the molecule is CCOc1ccc(C(=O)Oc2ccc(/C=N/NC(=O)C(O)c3ccccc3)cc2OCC)cc1. The standard InChI is InChI=1S/C26H26N2O6/c1-3-32-21-13-11-20(12-14-21)26(31)34-22-15-10-18(16-23(22)33-4-2)17-27-28-25(30)24(29)19-8-6-5-7-9-19/h5-17,24,29H,3-4H2,1-2H3,(H,28,30)/b27-17+. The Balaban J connectivity index is 1.66. The van der Waals surface area contributed by atoms with E-state index in [1.165, 1.54) is 6.21 Å². The summed E-state index contributed by atoms with van der Waals surface area (Å²) in [5.41, 5.74) is 3.74. The minimum atomic E-state index is -1.33. The summed E-state index contributed by atoms with van der Waals surface area (Å²) in [6.07, 6.45) is 0.0673. The van der Waals surface area contributed by atoms with Crippen molar-refractivity contribution in [2.24, 2.45) is 5.10 Å². The monoisotopic (exact) mass is 462 g/mol. The lowest BCUT2D eigenvalue weighted by Crippen LogP contribution is -2.25. The van der Waals surface area contributed by atoms with Gasteiger partial charge in [0.1, 0.15) is 5.75 Å².